The van der Waals surface area contributed by atoms with Gasteiger partial charge in [0.1, 0.15) is 5.75 Å². The first-order valence-corrected chi connectivity index (χ1v) is 4.03. The Morgan fingerprint density at radius 2 is 2.36 bits per heavy atom. The molecule has 0 saturated carbocycles. The van der Waals surface area contributed by atoms with Crippen LogP contribution in [0.2, 0.25) is 0 Å². The Balaban J connectivity index is 2.62. The fraction of sp³-hybridized carbons (Fsp3) is 0.400. The molecule has 1 N–H and O–H groups in total. The molecule has 0 aliphatic heterocycles. The Kier molecular flexibility index (Phi) is 2.96. The van der Waals surface area contributed by atoms with Gasteiger partial charge in [-0.15, -0.1) is 0 Å². The lowest BCUT2D eigenvalue weighted by Crippen LogP contribution is -1.84. The quantitative estimate of drug-likeness (QED) is 0.700. The lowest BCUT2D eigenvalue weighted by Gasteiger charge is -2.00. The Labute approximate surface area is 67.7 Å². The van der Waals surface area contributed by atoms with Crippen molar-refractivity contribution in [3.63, 3.8) is 0 Å². The maximum absolute atomic E-state index is 9.28. The first-order chi connectivity index (χ1) is 5.34. The van der Waals surface area contributed by atoms with Crippen LogP contribution in [-0.2, 0) is 6.42 Å². The van der Waals surface area contributed by atoms with Crippen LogP contribution in [0.5, 0.6) is 5.75 Å². The average Bonchev–Trinajstić information content (AvgIpc) is 2.03. The molecule has 0 spiro atoms. The number of phenolic OH excluding ortho intramolecular Hbond substituents is 1. The van der Waals surface area contributed by atoms with Crippen LogP contribution in [-0.4, -0.2) is 5.11 Å². The van der Waals surface area contributed by atoms with E-state index in [1.165, 1.54) is 0 Å². The van der Waals surface area contributed by atoms with E-state index in [9.17, 15) is 5.11 Å². The molecule has 0 fully saturated rings. The van der Waals surface area contributed by atoms with Crippen LogP contribution in [0.3, 0.4) is 0 Å². The zero-order chi connectivity index (χ0) is 8.10. The molecule has 0 aliphatic rings. The van der Waals surface area contributed by atoms with E-state index in [-0.39, 0.29) is 0 Å². The van der Waals surface area contributed by atoms with E-state index >= 15 is 0 Å². The minimum atomic E-state index is 0.306. The van der Waals surface area contributed by atoms with E-state index < -0.39 is 0 Å². The summed E-state index contributed by atoms with van der Waals surface area (Å²) in [6.45, 7) is 2.14. The normalized spacial score (nSPS) is 9.91. The zero-order valence-corrected chi connectivity index (χ0v) is 6.80. The van der Waals surface area contributed by atoms with E-state index in [4.69, 9.17) is 0 Å². The molecule has 0 aliphatic carbocycles. The summed E-state index contributed by atoms with van der Waals surface area (Å²) < 4.78 is 0. The molecule has 0 saturated heterocycles. The molecule has 59 valence electrons. The maximum atomic E-state index is 9.28. The van der Waals surface area contributed by atoms with Crippen molar-refractivity contribution in [2.75, 3.05) is 0 Å². The standard InChI is InChI=1S/C10H13O/c1-2-3-6-9-7-4-5-8-10(9)11/h4-5,7,11H,2-3,6H2,1H3. The van der Waals surface area contributed by atoms with Gasteiger partial charge in [0.2, 0.25) is 0 Å². The number of unbranched alkanes of at least 4 members (excludes halogenated alkanes) is 1. The Bertz CT molecular complexity index is 218. The van der Waals surface area contributed by atoms with Crippen LogP contribution in [0.1, 0.15) is 25.3 Å². The summed E-state index contributed by atoms with van der Waals surface area (Å²) in [5.74, 6) is 0.306. The molecule has 1 radical (unpaired) electrons. The molecule has 0 aromatic heterocycles. The monoisotopic (exact) mass is 149 g/mol. The molecule has 1 aromatic rings. The van der Waals surface area contributed by atoms with Crippen LogP contribution in [0.25, 0.3) is 0 Å². The van der Waals surface area contributed by atoms with Crippen molar-refractivity contribution >= 4 is 0 Å². The number of hydrogen-bond donors (Lipinski definition) is 1. The van der Waals surface area contributed by atoms with Crippen molar-refractivity contribution in [2.45, 2.75) is 26.2 Å². The number of benzene rings is 1. The van der Waals surface area contributed by atoms with E-state index in [2.05, 4.69) is 13.0 Å². The molecular formula is C10H13O. The topological polar surface area (TPSA) is 20.2 Å². The van der Waals surface area contributed by atoms with Crippen molar-refractivity contribution in [2.24, 2.45) is 0 Å². The summed E-state index contributed by atoms with van der Waals surface area (Å²) in [5, 5.41) is 9.28. The number of phenols is 1. The first kappa shape index (κ1) is 8.12. The largest absolute Gasteiger partial charge is 0.507 e. The van der Waals surface area contributed by atoms with E-state index in [1.807, 2.05) is 12.1 Å². The van der Waals surface area contributed by atoms with Gasteiger partial charge >= 0.3 is 0 Å². The summed E-state index contributed by atoms with van der Waals surface area (Å²) in [5.41, 5.74) is 1.01. The second-order valence-electron chi connectivity index (χ2n) is 2.65. The number of rotatable bonds is 3. The third kappa shape index (κ3) is 2.26. The van der Waals surface area contributed by atoms with Gasteiger partial charge in [0.15, 0.2) is 0 Å². The van der Waals surface area contributed by atoms with Crippen LogP contribution < -0.4 is 0 Å². The number of aromatic hydroxyl groups is 1. The molecule has 0 heterocycles. The van der Waals surface area contributed by atoms with E-state index in [0.29, 0.717) is 5.75 Å². The summed E-state index contributed by atoms with van der Waals surface area (Å²) >= 11 is 0. The minimum absolute atomic E-state index is 0.306. The van der Waals surface area contributed by atoms with E-state index in [0.717, 1.165) is 24.8 Å². The van der Waals surface area contributed by atoms with Crippen molar-refractivity contribution in [1.82, 2.24) is 0 Å². The molecule has 1 aromatic carbocycles. The van der Waals surface area contributed by atoms with Gasteiger partial charge in [0.05, 0.1) is 0 Å². The van der Waals surface area contributed by atoms with Gasteiger partial charge in [-0.05, 0) is 18.4 Å². The van der Waals surface area contributed by atoms with Crippen LogP contribution in [0.4, 0.5) is 0 Å². The molecular weight excluding hydrogens is 136 g/mol. The third-order valence-electron chi connectivity index (χ3n) is 1.72. The summed E-state index contributed by atoms with van der Waals surface area (Å²) in [6.07, 6.45) is 3.25. The Morgan fingerprint density at radius 3 is 3.00 bits per heavy atom. The highest BCUT2D eigenvalue weighted by Gasteiger charge is 1.97. The van der Waals surface area contributed by atoms with Gasteiger partial charge in [-0.2, -0.15) is 0 Å². The highest BCUT2D eigenvalue weighted by molar-refractivity contribution is 5.30. The van der Waals surface area contributed by atoms with Gasteiger partial charge < -0.3 is 5.11 Å². The second-order valence-corrected chi connectivity index (χ2v) is 2.65. The summed E-state index contributed by atoms with van der Waals surface area (Å²) in [6, 6.07) is 8.34. The smallest absolute Gasteiger partial charge is 0.126 e. The van der Waals surface area contributed by atoms with Crippen molar-refractivity contribution < 1.29 is 5.11 Å². The average molecular weight is 149 g/mol. The SMILES string of the molecule is CCCCc1ccc[c]c1O. The third-order valence-corrected chi connectivity index (χ3v) is 1.72. The maximum Gasteiger partial charge on any atom is 0.126 e. The lowest BCUT2D eigenvalue weighted by molar-refractivity contribution is 0.466. The van der Waals surface area contributed by atoms with E-state index in [1.54, 1.807) is 6.07 Å². The van der Waals surface area contributed by atoms with Gasteiger partial charge in [0.25, 0.3) is 0 Å². The summed E-state index contributed by atoms with van der Waals surface area (Å²) in [4.78, 5) is 0. The number of hydrogen-bond acceptors (Lipinski definition) is 1. The van der Waals surface area contributed by atoms with Crippen LogP contribution >= 0.6 is 0 Å². The minimum Gasteiger partial charge on any atom is -0.507 e. The van der Waals surface area contributed by atoms with Gasteiger partial charge in [-0.1, -0.05) is 31.5 Å². The van der Waals surface area contributed by atoms with Gasteiger partial charge in [-0.25, -0.2) is 0 Å². The molecule has 11 heavy (non-hydrogen) atoms. The molecule has 1 heteroatoms. The zero-order valence-electron chi connectivity index (χ0n) is 6.80. The van der Waals surface area contributed by atoms with Crippen LogP contribution in [0, 0.1) is 6.07 Å². The number of para-hydroxylation sites is 1. The predicted molar refractivity (Wildman–Crippen MR) is 45.6 cm³/mol. The lowest BCUT2D eigenvalue weighted by atomic mass is 10.1. The van der Waals surface area contributed by atoms with Crippen molar-refractivity contribution in [1.29, 1.82) is 0 Å². The Morgan fingerprint density at radius 1 is 1.55 bits per heavy atom. The van der Waals surface area contributed by atoms with Crippen molar-refractivity contribution in [3.8, 4) is 5.75 Å². The van der Waals surface area contributed by atoms with Crippen molar-refractivity contribution in [3.05, 3.63) is 29.8 Å². The first-order valence-electron chi connectivity index (χ1n) is 4.03. The van der Waals surface area contributed by atoms with Gasteiger partial charge in [-0.3, -0.25) is 0 Å². The molecule has 1 rings (SSSR count). The summed E-state index contributed by atoms with van der Waals surface area (Å²) in [7, 11) is 0. The molecule has 1 nitrogen and oxygen atoms in total. The van der Waals surface area contributed by atoms with Gasteiger partial charge in [0, 0.05) is 6.07 Å². The second kappa shape index (κ2) is 4.02. The number of aryl methyl sites for hydroxylation is 1. The van der Waals surface area contributed by atoms with Crippen LogP contribution in [0.15, 0.2) is 18.2 Å². The predicted octanol–water partition coefficient (Wildman–Crippen LogP) is 2.53. The molecule has 0 atom stereocenters. The Hall–Kier alpha value is -0.980. The molecule has 0 bridgehead atoms. The molecule has 0 unspecified atom stereocenters. The fourth-order valence-electron chi connectivity index (χ4n) is 1.03. The molecule has 0 amide bonds. The fourth-order valence-corrected chi connectivity index (χ4v) is 1.03. The highest BCUT2D eigenvalue weighted by Crippen LogP contribution is 2.16. The highest BCUT2D eigenvalue weighted by atomic mass is 16.3.